The molecule has 0 saturated carbocycles. The number of methoxy groups -OCH3 is 1. The van der Waals surface area contributed by atoms with Crippen LogP contribution >= 0.6 is 0 Å². The van der Waals surface area contributed by atoms with Crippen LogP contribution in [0.5, 0.6) is 11.5 Å². The number of rotatable bonds is 12. The number of aryl methyl sites for hydroxylation is 2. The molecule has 0 saturated heterocycles. The Labute approximate surface area is 191 Å². The molecule has 2 aromatic rings. The minimum Gasteiger partial charge on any atom is -0.497 e. The number of hydrogen-bond donors (Lipinski definition) is 1. The van der Waals surface area contributed by atoms with Gasteiger partial charge in [0, 0.05) is 13.1 Å². The fourth-order valence-corrected chi connectivity index (χ4v) is 3.44. The summed E-state index contributed by atoms with van der Waals surface area (Å²) in [6, 6.07) is 12.9. The van der Waals surface area contributed by atoms with Gasteiger partial charge in [-0.05, 0) is 61.6 Å². The lowest BCUT2D eigenvalue weighted by Gasteiger charge is -2.30. The van der Waals surface area contributed by atoms with Gasteiger partial charge in [0.1, 0.15) is 17.5 Å². The monoisotopic (exact) mass is 440 g/mol. The first-order chi connectivity index (χ1) is 15.4. The van der Waals surface area contributed by atoms with Crippen molar-refractivity contribution in [2.75, 3.05) is 20.3 Å². The lowest BCUT2D eigenvalue weighted by Crippen LogP contribution is -2.50. The van der Waals surface area contributed by atoms with Gasteiger partial charge in [-0.3, -0.25) is 9.59 Å². The first-order valence-electron chi connectivity index (χ1n) is 11.3. The highest BCUT2D eigenvalue weighted by Gasteiger charge is 2.29. The quantitative estimate of drug-likeness (QED) is 0.496. The molecule has 0 aliphatic carbocycles. The molecule has 0 radical (unpaired) electrons. The number of hydrogen-bond acceptors (Lipinski definition) is 4. The molecule has 6 heteroatoms. The van der Waals surface area contributed by atoms with Crippen molar-refractivity contribution in [1.82, 2.24) is 10.2 Å². The average molecular weight is 441 g/mol. The van der Waals surface area contributed by atoms with Crippen molar-refractivity contribution in [3.8, 4) is 11.5 Å². The number of benzene rings is 2. The Balaban J connectivity index is 2.20. The Morgan fingerprint density at radius 1 is 1.06 bits per heavy atom. The van der Waals surface area contributed by atoms with Crippen molar-refractivity contribution in [2.45, 2.75) is 59.5 Å². The SMILES string of the molecule is CCCCNC(=O)C(CC)N(Cc1ccc(OC)cc1)C(=O)COc1cc(C)ccc1C. The molecule has 0 aliphatic rings. The molecule has 2 rings (SSSR count). The summed E-state index contributed by atoms with van der Waals surface area (Å²) in [4.78, 5) is 27.8. The van der Waals surface area contributed by atoms with Crippen LogP contribution in [-0.2, 0) is 16.1 Å². The maximum Gasteiger partial charge on any atom is 0.261 e. The maximum absolute atomic E-state index is 13.3. The lowest BCUT2D eigenvalue weighted by atomic mass is 10.1. The fraction of sp³-hybridized carbons (Fsp3) is 0.462. The van der Waals surface area contributed by atoms with Crippen LogP contribution in [-0.4, -0.2) is 43.0 Å². The third kappa shape index (κ3) is 7.29. The predicted octanol–water partition coefficient (Wildman–Crippen LogP) is 4.41. The molecule has 1 N–H and O–H groups in total. The van der Waals surface area contributed by atoms with Crippen LogP contribution in [0.15, 0.2) is 42.5 Å². The number of carbonyl (C=O) groups is 2. The Morgan fingerprint density at radius 3 is 2.41 bits per heavy atom. The average Bonchev–Trinajstić information content (AvgIpc) is 2.80. The number of nitrogens with zero attached hydrogens (tertiary/aromatic N) is 1. The normalized spacial score (nSPS) is 11.5. The molecular formula is C26H36N2O4. The molecule has 32 heavy (non-hydrogen) atoms. The van der Waals surface area contributed by atoms with Gasteiger partial charge in [0.25, 0.3) is 5.91 Å². The Kier molecular flexibility index (Phi) is 10.1. The minimum atomic E-state index is -0.566. The Morgan fingerprint density at radius 2 is 1.78 bits per heavy atom. The van der Waals surface area contributed by atoms with E-state index in [0.717, 1.165) is 35.3 Å². The molecule has 0 bridgehead atoms. The summed E-state index contributed by atoms with van der Waals surface area (Å²) < 4.78 is 11.1. The van der Waals surface area contributed by atoms with Crippen LogP contribution in [0.25, 0.3) is 0 Å². The largest absolute Gasteiger partial charge is 0.497 e. The highest BCUT2D eigenvalue weighted by atomic mass is 16.5. The number of unbranched alkanes of at least 4 members (excludes halogenated alkanes) is 1. The van der Waals surface area contributed by atoms with Gasteiger partial charge < -0.3 is 19.7 Å². The zero-order valence-corrected chi connectivity index (χ0v) is 19.9. The van der Waals surface area contributed by atoms with Crippen molar-refractivity contribution in [1.29, 1.82) is 0 Å². The molecule has 174 valence electrons. The van der Waals surface area contributed by atoms with Crippen LogP contribution in [0.4, 0.5) is 0 Å². The third-order valence-electron chi connectivity index (χ3n) is 5.42. The molecule has 0 heterocycles. The van der Waals surface area contributed by atoms with Crippen molar-refractivity contribution in [3.05, 3.63) is 59.2 Å². The van der Waals surface area contributed by atoms with Crippen LogP contribution in [0, 0.1) is 13.8 Å². The van der Waals surface area contributed by atoms with Crippen LogP contribution < -0.4 is 14.8 Å². The standard InChI is InChI=1S/C26H36N2O4/c1-6-8-15-27-26(30)23(7-2)28(17-21-11-13-22(31-5)14-12-21)25(29)18-32-24-16-19(3)9-10-20(24)4/h9-14,16,23H,6-8,15,17-18H2,1-5H3,(H,27,30). The van der Waals surface area contributed by atoms with Gasteiger partial charge in [0.15, 0.2) is 6.61 Å². The van der Waals surface area contributed by atoms with Gasteiger partial charge in [-0.2, -0.15) is 0 Å². The first-order valence-corrected chi connectivity index (χ1v) is 11.3. The molecule has 0 aliphatic heterocycles. The van der Waals surface area contributed by atoms with E-state index in [9.17, 15) is 9.59 Å². The number of carbonyl (C=O) groups excluding carboxylic acids is 2. The van der Waals surface area contributed by atoms with Crippen molar-refractivity contribution in [3.63, 3.8) is 0 Å². The van der Waals surface area contributed by atoms with Crippen molar-refractivity contribution in [2.24, 2.45) is 0 Å². The summed E-state index contributed by atoms with van der Waals surface area (Å²) in [6.45, 7) is 8.73. The van der Waals surface area contributed by atoms with E-state index in [1.807, 2.05) is 63.2 Å². The van der Waals surface area contributed by atoms with Crippen LogP contribution in [0.1, 0.15) is 49.8 Å². The Hall–Kier alpha value is -3.02. The summed E-state index contributed by atoms with van der Waals surface area (Å²) in [7, 11) is 1.61. The van der Waals surface area contributed by atoms with E-state index in [2.05, 4.69) is 12.2 Å². The fourth-order valence-electron chi connectivity index (χ4n) is 3.44. The predicted molar refractivity (Wildman–Crippen MR) is 127 cm³/mol. The summed E-state index contributed by atoms with van der Waals surface area (Å²) >= 11 is 0. The molecule has 0 aromatic heterocycles. The van der Waals surface area contributed by atoms with E-state index in [1.54, 1.807) is 12.0 Å². The summed E-state index contributed by atoms with van der Waals surface area (Å²) in [5.41, 5.74) is 2.95. The maximum atomic E-state index is 13.3. The molecule has 2 amide bonds. The third-order valence-corrected chi connectivity index (χ3v) is 5.42. The summed E-state index contributed by atoms with van der Waals surface area (Å²) in [5, 5.41) is 2.97. The van der Waals surface area contributed by atoms with E-state index < -0.39 is 6.04 Å². The molecule has 0 spiro atoms. The van der Waals surface area contributed by atoms with Gasteiger partial charge in [-0.15, -0.1) is 0 Å². The van der Waals surface area contributed by atoms with Gasteiger partial charge in [0.2, 0.25) is 5.91 Å². The second kappa shape index (κ2) is 12.7. The smallest absolute Gasteiger partial charge is 0.261 e. The second-order valence-corrected chi connectivity index (χ2v) is 8.00. The van der Waals surface area contributed by atoms with E-state index in [1.165, 1.54) is 0 Å². The number of nitrogens with one attached hydrogen (secondary N) is 1. The van der Waals surface area contributed by atoms with Crippen molar-refractivity contribution >= 4 is 11.8 Å². The second-order valence-electron chi connectivity index (χ2n) is 8.00. The zero-order chi connectivity index (χ0) is 23.5. The molecule has 2 aromatic carbocycles. The van der Waals surface area contributed by atoms with Crippen LogP contribution in [0.3, 0.4) is 0 Å². The highest BCUT2D eigenvalue weighted by molar-refractivity contribution is 5.88. The zero-order valence-electron chi connectivity index (χ0n) is 19.9. The highest BCUT2D eigenvalue weighted by Crippen LogP contribution is 2.20. The topological polar surface area (TPSA) is 67.9 Å². The van der Waals surface area contributed by atoms with E-state index >= 15 is 0 Å². The Bertz CT molecular complexity index is 880. The van der Waals surface area contributed by atoms with E-state index in [4.69, 9.17) is 9.47 Å². The molecule has 0 fully saturated rings. The number of ether oxygens (including phenoxy) is 2. The van der Waals surface area contributed by atoms with E-state index in [-0.39, 0.29) is 18.4 Å². The minimum absolute atomic E-state index is 0.126. The lowest BCUT2D eigenvalue weighted by molar-refractivity contribution is -0.143. The van der Waals surface area contributed by atoms with Gasteiger partial charge in [-0.1, -0.05) is 44.5 Å². The molecule has 1 atom stereocenters. The first kappa shape index (κ1) is 25.2. The molecule has 6 nitrogen and oxygen atoms in total. The summed E-state index contributed by atoms with van der Waals surface area (Å²) in [5.74, 6) is 1.08. The van der Waals surface area contributed by atoms with Crippen molar-refractivity contribution < 1.29 is 19.1 Å². The molecule has 1 unspecified atom stereocenters. The van der Waals surface area contributed by atoms with Gasteiger partial charge >= 0.3 is 0 Å². The van der Waals surface area contributed by atoms with Crippen LogP contribution in [0.2, 0.25) is 0 Å². The van der Waals surface area contributed by atoms with Gasteiger partial charge in [0.05, 0.1) is 7.11 Å². The summed E-state index contributed by atoms with van der Waals surface area (Å²) in [6.07, 6.45) is 2.42. The van der Waals surface area contributed by atoms with E-state index in [0.29, 0.717) is 25.3 Å². The molecular weight excluding hydrogens is 404 g/mol. The van der Waals surface area contributed by atoms with Gasteiger partial charge in [-0.25, -0.2) is 0 Å². The number of amides is 2.